The van der Waals surface area contributed by atoms with Gasteiger partial charge in [-0.3, -0.25) is 0 Å². The Kier molecular flexibility index (Phi) is 7.54. The van der Waals surface area contributed by atoms with Gasteiger partial charge in [0, 0.05) is 0 Å². The van der Waals surface area contributed by atoms with Crippen LogP contribution >= 0.6 is 0 Å². The van der Waals surface area contributed by atoms with Gasteiger partial charge in [-0.15, -0.1) is 6.58 Å². The summed E-state index contributed by atoms with van der Waals surface area (Å²) in [7, 11) is 1.68. The van der Waals surface area contributed by atoms with Gasteiger partial charge in [0.05, 0.1) is 32.5 Å². The molecule has 0 radical (unpaired) electrons. The van der Waals surface area contributed by atoms with Crippen LogP contribution in [0.4, 0.5) is 0 Å². The van der Waals surface area contributed by atoms with Crippen LogP contribution in [0.25, 0.3) is 0 Å². The van der Waals surface area contributed by atoms with E-state index in [1.165, 1.54) is 5.57 Å². The summed E-state index contributed by atoms with van der Waals surface area (Å²) in [5, 5.41) is 0. The molecule has 0 saturated carbocycles. The van der Waals surface area contributed by atoms with Crippen molar-refractivity contribution in [3.63, 3.8) is 0 Å². The summed E-state index contributed by atoms with van der Waals surface area (Å²) in [5.41, 5.74) is 2.48. The van der Waals surface area contributed by atoms with Gasteiger partial charge in [0.2, 0.25) is 0 Å². The molecule has 1 aromatic carbocycles. The van der Waals surface area contributed by atoms with Gasteiger partial charge < -0.3 is 14.2 Å². The Bertz CT molecular complexity index is 533. The van der Waals surface area contributed by atoms with Crippen molar-refractivity contribution < 1.29 is 14.2 Å². The van der Waals surface area contributed by atoms with Crippen molar-refractivity contribution in [1.82, 2.24) is 0 Å². The molecule has 2 rings (SSSR count). The highest BCUT2D eigenvalue weighted by molar-refractivity contribution is 5.26. The fourth-order valence-corrected chi connectivity index (χ4v) is 3.23. The third kappa shape index (κ3) is 5.50. The monoisotopic (exact) mass is 330 g/mol. The van der Waals surface area contributed by atoms with E-state index < -0.39 is 0 Å². The maximum Gasteiger partial charge on any atom is 0.118 e. The highest BCUT2D eigenvalue weighted by atomic mass is 16.5. The van der Waals surface area contributed by atoms with Crippen molar-refractivity contribution in [3.05, 3.63) is 54.1 Å². The van der Waals surface area contributed by atoms with E-state index in [4.69, 9.17) is 14.2 Å². The van der Waals surface area contributed by atoms with Crippen LogP contribution in [0.3, 0.4) is 0 Å². The smallest absolute Gasteiger partial charge is 0.118 e. The van der Waals surface area contributed by atoms with E-state index in [1.807, 2.05) is 30.3 Å². The second kappa shape index (κ2) is 9.65. The molecule has 24 heavy (non-hydrogen) atoms. The molecular formula is C21H30O3. The summed E-state index contributed by atoms with van der Waals surface area (Å²) in [6.07, 6.45) is 7.76. The molecule has 1 aromatic rings. The molecule has 1 saturated heterocycles. The molecule has 3 heteroatoms. The first-order valence-electron chi connectivity index (χ1n) is 8.77. The number of hydrogen-bond donors (Lipinski definition) is 0. The molecule has 3 atom stereocenters. The van der Waals surface area contributed by atoms with Gasteiger partial charge in [-0.05, 0) is 55.4 Å². The Labute approximate surface area is 146 Å². The largest absolute Gasteiger partial charge is 0.497 e. The summed E-state index contributed by atoms with van der Waals surface area (Å²) in [5.74, 6) is 1.45. The van der Waals surface area contributed by atoms with Gasteiger partial charge in [0.1, 0.15) is 5.75 Å². The maximum atomic E-state index is 6.13. The molecule has 1 fully saturated rings. The number of methoxy groups -OCH3 is 1. The first kappa shape index (κ1) is 18.8. The van der Waals surface area contributed by atoms with Crippen LogP contribution in [-0.2, 0) is 16.1 Å². The number of rotatable bonds is 9. The van der Waals surface area contributed by atoms with E-state index in [-0.39, 0.29) is 6.10 Å². The topological polar surface area (TPSA) is 27.7 Å². The molecule has 0 N–H and O–H groups in total. The van der Waals surface area contributed by atoms with Crippen LogP contribution in [0.15, 0.2) is 48.6 Å². The standard InChI is InChI=1S/C21H30O3/c1-5-7-20-14-17(3)21(24-20)16(2)8-6-13-23-15-18-9-11-19(22-4)12-10-18/h5,8-12,17,20-21H,1,6-7,13-15H2,2-4H3/b16-8+/t17-,20-,21+/m1/s1. The van der Waals surface area contributed by atoms with Gasteiger partial charge >= 0.3 is 0 Å². The van der Waals surface area contributed by atoms with Gasteiger partial charge in [0.25, 0.3) is 0 Å². The molecule has 1 aliphatic rings. The summed E-state index contributed by atoms with van der Waals surface area (Å²) in [6.45, 7) is 9.60. The lowest BCUT2D eigenvalue weighted by atomic mass is 9.95. The summed E-state index contributed by atoms with van der Waals surface area (Å²) in [4.78, 5) is 0. The minimum atomic E-state index is 0.247. The van der Waals surface area contributed by atoms with Crippen molar-refractivity contribution >= 4 is 0 Å². The number of hydrogen-bond acceptors (Lipinski definition) is 3. The van der Waals surface area contributed by atoms with Crippen molar-refractivity contribution in [2.24, 2.45) is 5.92 Å². The molecule has 1 heterocycles. The van der Waals surface area contributed by atoms with Crippen molar-refractivity contribution in [1.29, 1.82) is 0 Å². The first-order valence-corrected chi connectivity index (χ1v) is 8.77. The molecular weight excluding hydrogens is 300 g/mol. The second-order valence-electron chi connectivity index (χ2n) is 6.55. The minimum absolute atomic E-state index is 0.247. The quantitative estimate of drug-likeness (QED) is 0.475. The Hall–Kier alpha value is -1.58. The SMILES string of the molecule is C=CC[C@@H]1C[C@@H](C)[C@H](/C(C)=C/CCOCc2ccc(OC)cc2)O1. The zero-order valence-corrected chi connectivity index (χ0v) is 15.2. The first-order chi connectivity index (χ1) is 11.6. The van der Waals surface area contributed by atoms with Crippen LogP contribution in [0.2, 0.25) is 0 Å². The summed E-state index contributed by atoms with van der Waals surface area (Å²) in [6, 6.07) is 7.99. The van der Waals surface area contributed by atoms with E-state index >= 15 is 0 Å². The summed E-state index contributed by atoms with van der Waals surface area (Å²) >= 11 is 0. The third-order valence-electron chi connectivity index (χ3n) is 4.53. The predicted octanol–water partition coefficient (Wildman–Crippen LogP) is 4.92. The fraction of sp³-hybridized carbons (Fsp3) is 0.524. The summed E-state index contributed by atoms with van der Waals surface area (Å²) < 4.78 is 17.0. The molecule has 132 valence electrons. The van der Waals surface area contributed by atoms with Crippen LogP contribution < -0.4 is 4.74 Å². The molecule has 1 aliphatic heterocycles. The highest BCUT2D eigenvalue weighted by Gasteiger charge is 2.32. The number of ether oxygens (including phenoxy) is 3. The molecule has 0 aromatic heterocycles. The van der Waals surface area contributed by atoms with Gasteiger partial charge in [-0.1, -0.05) is 31.2 Å². The Morgan fingerprint density at radius 3 is 2.75 bits per heavy atom. The molecule has 0 spiro atoms. The Morgan fingerprint density at radius 1 is 1.33 bits per heavy atom. The minimum Gasteiger partial charge on any atom is -0.497 e. The molecule has 0 unspecified atom stereocenters. The van der Waals surface area contributed by atoms with E-state index in [0.29, 0.717) is 18.6 Å². The normalized spacial score (nSPS) is 24.1. The van der Waals surface area contributed by atoms with E-state index in [9.17, 15) is 0 Å². The molecule has 3 nitrogen and oxygen atoms in total. The molecule has 0 amide bonds. The van der Waals surface area contributed by atoms with Crippen molar-refractivity contribution in [3.8, 4) is 5.75 Å². The van der Waals surface area contributed by atoms with Gasteiger partial charge in [0.15, 0.2) is 0 Å². The van der Waals surface area contributed by atoms with Crippen molar-refractivity contribution in [2.45, 2.75) is 51.9 Å². The lowest BCUT2D eigenvalue weighted by molar-refractivity contribution is 0.0591. The van der Waals surface area contributed by atoms with Crippen LogP contribution in [0.5, 0.6) is 5.75 Å². The lowest BCUT2D eigenvalue weighted by Crippen LogP contribution is -2.15. The highest BCUT2D eigenvalue weighted by Crippen LogP contribution is 2.32. The van der Waals surface area contributed by atoms with Gasteiger partial charge in [-0.2, -0.15) is 0 Å². The Morgan fingerprint density at radius 2 is 2.08 bits per heavy atom. The van der Waals surface area contributed by atoms with E-state index in [0.717, 1.165) is 37.2 Å². The average molecular weight is 330 g/mol. The van der Waals surface area contributed by atoms with Crippen LogP contribution in [0, 0.1) is 5.92 Å². The maximum absolute atomic E-state index is 6.13. The van der Waals surface area contributed by atoms with E-state index in [1.54, 1.807) is 7.11 Å². The Balaban J connectivity index is 1.70. The lowest BCUT2D eigenvalue weighted by Gasteiger charge is -2.16. The predicted molar refractivity (Wildman–Crippen MR) is 98.3 cm³/mol. The second-order valence-corrected chi connectivity index (χ2v) is 6.55. The molecule has 0 bridgehead atoms. The molecule has 0 aliphatic carbocycles. The van der Waals surface area contributed by atoms with Crippen molar-refractivity contribution in [2.75, 3.05) is 13.7 Å². The zero-order valence-electron chi connectivity index (χ0n) is 15.2. The fourth-order valence-electron chi connectivity index (χ4n) is 3.23. The zero-order chi connectivity index (χ0) is 17.4. The van der Waals surface area contributed by atoms with E-state index in [2.05, 4.69) is 26.5 Å². The number of benzene rings is 1. The third-order valence-corrected chi connectivity index (χ3v) is 4.53. The van der Waals surface area contributed by atoms with Crippen LogP contribution in [-0.4, -0.2) is 25.9 Å². The van der Waals surface area contributed by atoms with Gasteiger partial charge in [-0.25, -0.2) is 0 Å². The van der Waals surface area contributed by atoms with Crippen LogP contribution in [0.1, 0.15) is 38.7 Å². The average Bonchev–Trinajstić information content (AvgIpc) is 2.96.